The number of nitrogens with zero attached hydrogens (tertiary/aromatic N) is 2. The standard InChI is InChI=1S/C12H19BrN4/c1-11(2)8(12(11,3)4)6-15-9-7(13)5-16-10(14)17-9/h5,8H,6H2,1-4H3,(H3,14,15,16,17). The van der Waals surface area contributed by atoms with E-state index in [1.54, 1.807) is 6.20 Å². The van der Waals surface area contributed by atoms with E-state index in [2.05, 4.69) is 58.9 Å². The molecule has 0 bridgehead atoms. The summed E-state index contributed by atoms with van der Waals surface area (Å²) >= 11 is 3.41. The van der Waals surface area contributed by atoms with Gasteiger partial charge in [0.05, 0.1) is 4.47 Å². The van der Waals surface area contributed by atoms with E-state index in [4.69, 9.17) is 5.73 Å². The zero-order chi connectivity index (χ0) is 12.8. The second-order valence-electron chi connectivity index (χ2n) is 5.80. The molecule has 5 heteroatoms. The Morgan fingerprint density at radius 1 is 1.35 bits per heavy atom. The van der Waals surface area contributed by atoms with Gasteiger partial charge in [-0.1, -0.05) is 27.7 Å². The molecule has 1 heterocycles. The molecule has 0 radical (unpaired) electrons. The van der Waals surface area contributed by atoms with Gasteiger partial charge in [-0.05, 0) is 32.7 Å². The fourth-order valence-corrected chi connectivity index (χ4v) is 2.88. The second-order valence-corrected chi connectivity index (χ2v) is 6.66. The van der Waals surface area contributed by atoms with Crippen LogP contribution < -0.4 is 11.1 Å². The van der Waals surface area contributed by atoms with Crippen LogP contribution in [0.15, 0.2) is 10.7 Å². The molecule has 1 fully saturated rings. The van der Waals surface area contributed by atoms with E-state index in [1.165, 1.54) is 0 Å². The van der Waals surface area contributed by atoms with Crippen molar-refractivity contribution >= 4 is 27.7 Å². The molecule has 17 heavy (non-hydrogen) atoms. The number of anilines is 2. The van der Waals surface area contributed by atoms with Crippen molar-refractivity contribution in [3.8, 4) is 0 Å². The summed E-state index contributed by atoms with van der Waals surface area (Å²) in [6.07, 6.45) is 1.67. The Bertz CT molecular complexity index is 428. The van der Waals surface area contributed by atoms with E-state index in [9.17, 15) is 0 Å². The monoisotopic (exact) mass is 298 g/mol. The SMILES string of the molecule is CC1(C)C(CNc2nc(N)ncc2Br)C1(C)C. The third-order valence-corrected chi connectivity index (χ3v) is 5.14. The first-order valence-electron chi connectivity index (χ1n) is 5.78. The third-order valence-electron chi connectivity index (χ3n) is 4.56. The second kappa shape index (κ2) is 3.83. The molecule has 1 saturated carbocycles. The van der Waals surface area contributed by atoms with Gasteiger partial charge in [0, 0.05) is 12.7 Å². The highest BCUT2D eigenvalue weighted by Gasteiger charge is 2.64. The Labute approximate surface area is 111 Å². The van der Waals surface area contributed by atoms with E-state index in [1.807, 2.05) is 0 Å². The zero-order valence-electron chi connectivity index (χ0n) is 10.7. The summed E-state index contributed by atoms with van der Waals surface area (Å²) in [5.41, 5.74) is 6.33. The van der Waals surface area contributed by atoms with Gasteiger partial charge < -0.3 is 11.1 Å². The van der Waals surface area contributed by atoms with Crippen molar-refractivity contribution in [2.24, 2.45) is 16.7 Å². The minimum atomic E-state index is 0.296. The van der Waals surface area contributed by atoms with Crippen LogP contribution in [0.5, 0.6) is 0 Å². The molecule has 0 amide bonds. The number of hydrogen-bond acceptors (Lipinski definition) is 4. The maximum Gasteiger partial charge on any atom is 0.221 e. The lowest BCUT2D eigenvalue weighted by Gasteiger charge is -2.08. The van der Waals surface area contributed by atoms with Gasteiger partial charge in [0.1, 0.15) is 5.82 Å². The molecular formula is C12H19BrN4. The van der Waals surface area contributed by atoms with Gasteiger partial charge in [-0.25, -0.2) is 4.98 Å². The summed E-state index contributed by atoms with van der Waals surface area (Å²) in [7, 11) is 0. The summed E-state index contributed by atoms with van der Waals surface area (Å²) < 4.78 is 0.850. The number of nitrogens with one attached hydrogen (secondary N) is 1. The van der Waals surface area contributed by atoms with Gasteiger partial charge >= 0.3 is 0 Å². The van der Waals surface area contributed by atoms with Gasteiger partial charge in [0.25, 0.3) is 0 Å². The number of nitrogens with two attached hydrogens (primary N) is 1. The number of aromatic nitrogens is 2. The fraction of sp³-hybridized carbons (Fsp3) is 0.667. The Balaban J connectivity index is 2.03. The van der Waals surface area contributed by atoms with Gasteiger partial charge in [-0.15, -0.1) is 0 Å². The average Bonchev–Trinajstić information content (AvgIpc) is 2.60. The van der Waals surface area contributed by atoms with Crippen LogP contribution in [0, 0.1) is 16.7 Å². The first kappa shape index (κ1) is 12.6. The fourth-order valence-electron chi connectivity index (χ4n) is 2.55. The molecule has 0 spiro atoms. The van der Waals surface area contributed by atoms with Crippen molar-refractivity contribution in [3.05, 3.63) is 10.7 Å². The lowest BCUT2D eigenvalue weighted by atomic mass is 10.0. The molecule has 1 aromatic rings. The van der Waals surface area contributed by atoms with Gasteiger partial charge in [0.15, 0.2) is 0 Å². The zero-order valence-corrected chi connectivity index (χ0v) is 12.3. The predicted molar refractivity (Wildman–Crippen MR) is 73.7 cm³/mol. The molecule has 0 atom stereocenters. The molecule has 1 aliphatic rings. The molecule has 2 rings (SSSR count). The van der Waals surface area contributed by atoms with Crippen LogP contribution in [-0.2, 0) is 0 Å². The van der Waals surface area contributed by atoms with Crippen LogP contribution >= 0.6 is 15.9 Å². The lowest BCUT2D eigenvalue weighted by molar-refractivity contribution is 0.457. The minimum Gasteiger partial charge on any atom is -0.369 e. The number of hydrogen-bond donors (Lipinski definition) is 2. The highest BCUT2D eigenvalue weighted by atomic mass is 79.9. The Kier molecular flexibility index (Phi) is 2.84. The van der Waals surface area contributed by atoms with E-state index >= 15 is 0 Å². The van der Waals surface area contributed by atoms with Crippen LogP contribution in [0.25, 0.3) is 0 Å². The van der Waals surface area contributed by atoms with E-state index < -0.39 is 0 Å². The Morgan fingerprint density at radius 3 is 2.47 bits per heavy atom. The molecule has 4 nitrogen and oxygen atoms in total. The maximum atomic E-state index is 5.57. The summed E-state index contributed by atoms with van der Waals surface area (Å²) in [6.45, 7) is 10.1. The van der Waals surface area contributed by atoms with Crippen LogP contribution in [0.1, 0.15) is 27.7 Å². The number of rotatable bonds is 3. The van der Waals surface area contributed by atoms with Gasteiger partial charge in [-0.3, -0.25) is 0 Å². The largest absolute Gasteiger partial charge is 0.369 e. The molecule has 0 aromatic carbocycles. The lowest BCUT2D eigenvalue weighted by Crippen LogP contribution is -2.11. The van der Waals surface area contributed by atoms with Gasteiger partial charge in [-0.2, -0.15) is 4.98 Å². The average molecular weight is 299 g/mol. The van der Waals surface area contributed by atoms with E-state index in [0.717, 1.165) is 16.8 Å². The van der Waals surface area contributed by atoms with Crippen molar-refractivity contribution in [2.75, 3.05) is 17.6 Å². The highest BCUT2D eigenvalue weighted by molar-refractivity contribution is 9.10. The van der Waals surface area contributed by atoms with Gasteiger partial charge in [0.2, 0.25) is 5.95 Å². The molecule has 1 aromatic heterocycles. The van der Waals surface area contributed by atoms with Crippen molar-refractivity contribution in [1.82, 2.24) is 9.97 Å². The van der Waals surface area contributed by atoms with Crippen LogP contribution in [0.3, 0.4) is 0 Å². The number of nitrogen functional groups attached to an aromatic ring is 1. The Morgan fingerprint density at radius 2 is 1.94 bits per heavy atom. The van der Waals surface area contributed by atoms with E-state index in [0.29, 0.717) is 22.7 Å². The van der Waals surface area contributed by atoms with Crippen molar-refractivity contribution < 1.29 is 0 Å². The molecule has 0 unspecified atom stereocenters. The molecule has 94 valence electrons. The summed E-state index contributed by atoms with van der Waals surface area (Å²) in [5.74, 6) is 1.72. The first-order chi connectivity index (χ1) is 7.76. The minimum absolute atomic E-state index is 0.296. The smallest absolute Gasteiger partial charge is 0.221 e. The van der Waals surface area contributed by atoms with Crippen molar-refractivity contribution in [2.45, 2.75) is 27.7 Å². The third kappa shape index (κ3) is 2.01. The summed E-state index contributed by atoms with van der Waals surface area (Å²) in [5, 5.41) is 3.35. The first-order valence-corrected chi connectivity index (χ1v) is 6.58. The summed E-state index contributed by atoms with van der Waals surface area (Å²) in [6, 6.07) is 0. The molecular weight excluding hydrogens is 280 g/mol. The molecule has 0 aliphatic heterocycles. The topological polar surface area (TPSA) is 63.8 Å². The molecule has 3 N–H and O–H groups in total. The van der Waals surface area contributed by atoms with Crippen LogP contribution in [0.4, 0.5) is 11.8 Å². The number of halogens is 1. The Hall–Kier alpha value is -0.840. The van der Waals surface area contributed by atoms with Crippen molar-refractivity contribution in [1.29, 1.82) is 0 Å². The molecule has 1 aliphatic carbocycles. The quantitative estimate of drug-likeness (QED) is 0.900. The van der Waals surface area contributed by atoms with E-state index in [-0.39, 0.29) is 0 Å². The van der Waals surface area contributed by atoms with Crippen LogP contribution in [0.2, 0.25) is 0 Å². The van der Waals surface area contributed by atoms with Crippen LogP contribution in [-0.4, -0.2) is 16.5 Å². The highest BCUT2D eigenvalue weighted by Crippen LogP contribution is 2.68. The predicted octanol–water partition coefficient (Wildman–Crippen LogP) is 2.92. The normalized spacial score (nSPS) is 21.2. The maximum absolute atomic E-state index is 5.57. The van der Waals surface area contributed by atoms with Crippen molar-refractivity contribution in [3.63, 3.8) is 0 Å². The molecule has 0 saturated heterocycles. The summed E-state index contributed by atoms with van der Waals surface area (Å²) in [4.78, 5) is 8.10.